The molecule has 2 atom stereocenters. The van der Waals surface area contributed by atoms with Crippen LogP contribution >= 0.6 is 0 Å². The SMILES string of the molecule is Cc1ccc(S(=O)(=O)N2CC(Cn3ccc4nc(-c5cn[nH]c5)ccc43)C[C@H]2C)cc1. The highest BCUT2D eigenvalue weighted by Gasteiger charge is 2.37. The third-order valence-electron chi connectivity index (χ3n) is 6.10. The average Bonchev–Trinajstić information content (AvgIpc) is 3.49. The van der Waals surface area contributed by atoms with Gasteiger partial charge in [-0.25, -0.2) is 13.4 Å². The van der Waals surface area contributed by atoms with Gasteiger partial charge < -0.3 is 4.57 Å². The molecule has 3 aromatic heterocycles. The van der Waals surface area contributed by atoms with Crippen LogP contribution in [-0.2, 0) is 16.6 Å². The van der Waals surface area contributed by atoms with Crippen molar-refractivity contribution in [3.63, 3.8) is 0 Å². The molecule has 0 saturated carbocycles. The smallest absolute Gasteiger partial charge is 0.243 e. The molecule has 4 heterocycles. The van der Waals surface area contributed by atoms with E-state index in [4.69, 9.17) is 4.98 Å². The van der Waals surface area contributed by atoms with Gasteiger partial charge in [-0.3, -0.25) is 5.10 Å². The van der Waals surface area contributed by atoms with Crippen molar-refractivity contribution < 1.29 is 8.42 Å². The van der Waals surface area contributed by atoms with Gasteiger partial charge in [-0.15, -0.1) is 0 Å². The Kier molecular flexibility index (Phi) is 4.91. The molecule has 31 heavy (non-hydrogen) atoms. The lowest BCUT2D eigenvalue weighted by molar-refractivity contribution is 0.399. The van der Waals surface area contributed by atoms with Gasteiger partial charge in [0.25, 0.3) is 0 Å². The van der Waals surface area contributed by atoms with Crippen LogP contribution in [0.4, 0.5) is 0 Å². The highest BCUT2D eigenvalue weighted by atomic mass is 32.2. The van der Waals surface area contributed by atoms with E-state index in [9.17, 15) is 8.42 Å². The third kappa shape index (κ3) is 3.66. The fourth-order valence-corrected chi connectivity index (χ4v) is 6.20. The third-order valence-corrected chi connectivity index (χ3v) is 8.10. The van der Waals surface area contributed by atoms with Crippen molar-refractivity contribution >= 4 is 21.1 Å². The maximum absolute atomic E-state index is 13.2. The van der Waals surface area contributed by atoms with Crippen molar-refractivity contribution in [2.45, 2.75) is 37.8 Å². The second-order valence-corrected chi connectivity index (χ2v) is 10.3. The number of nitrogens with one attached hydrogen (secondary N) is 1. The average molecular weight is 436 g/mol. The van der Waals surface area contributed by atoms with E-state index in [0.717, 1.165) is 40.8 Å². The molecule has 1 aromatic carbocycles. The first-order chi connectivity index (χ1) is 14.9. The second kappa shape index (κ2) is 7.62. The van der Waals surface area contributed by atoms with Crippen molar-refractivity contribution in [3.05, 3.63) is 66.6 Å². The summed E-state index contributed by atoms with van der Waals surface area (Å²) in [5, 5.41) is 6.80. The van der Waals surface area contributed by atoms with Gasteiger partial charge in [0.2, 0.25) is 10.0 Å². The summed E-state index contributed by atoms with van der Waals surface area (Å²) < 4.78 is 30.2. The van der Waals surface area contributed by atoms with Crippen molar-refractivity contribution in [1.82, 2.24) is 24.1 Å². The fourth-order valence-electron chi connectivity index (χ4n) is 4.48. The summed E-state index contributed by atoms with van der Waals surface area (Å²) in [5.41, 5.74) is 4.86. The van der Waals surface area contributed by atoms with E-state index in [2.05, 4.69) is 20.8 Å². The molecular weight excluding hydrogens is 410 g/mol. The Hall–Kier alpha value is -2.97. The lowest BCUT2D eigenvalue weighted by Crippen LogP contribution is -2.34. The maximum atomic E-state index is 13.2. The number of benzene rings is 1. The molecule has 7 nitrogen and oxygen atoms in total. The summed E-state index contributed by atoms with van der Waals surface area (Å²) in [6.45, 7) is 5.25. The van der Waals surface area contributed by atoms with Crippen LogP contribution in [-0.4, -0.2) is 45.1 Å². The predicted molar refractivity (Wildman–Crippen MR) is 120 cm³/mol. The molecule has 160 valence electrons. The summed E-state index contributed by atoms with van der Waals surface area (Å²) in [6.07, 6.45) is 6.46. The number of rotatable bonds is 5. The van der Waals surface area contributed by atoms with E-state index >= 15 is 0 Å². The van der Waals surface area contributed by atoms with Gasteiger partial charge in [0.1, 0.15) is 0 Å². The first-order valence-electron chi connectivity index (χ1n) is 10.5. The van der Waals surface area contributed by atoms with Crippen LogP contribution in [0.15, 0.2) is 66.0 Å². The zero-order valence-corrected chi connectivity index (χ0v) is 18.4. The first-order valence-corrected chi connectivity index (χ1v) is 11.9. The summed E-state index contributed by atoms with van der Waals surface area (Å²) in [6, 6.07) is 13.2. The molecular formula is C23H25N5O2S. The number of hydrogen-bond acceptors (Lipinski definition) is 4. The lowest BCUT2D eigenvalue weighted by Gasteiger charge is -2.21. The zero-order valence-electron chi connectivity index (χ0n) is 17.6. The monoisotopic (exact) mass is 435 g/mol. The molecule has 0 aliphatic carbocycles. The lowest BCUT2D eigenvalue weighted by atomic mass is 10.1. The fraction of sp³-hybridized carbons (Fsp3) is 0.304. The molecule has 1 N–H and O–H groups in total. The number of fused-ring (bicyclic) bond motifs is 1. The molecule has 8 heteroatoms. The number of aromatic amines is 1. The number of H-pyrrole nitrogens is 1. The Morgan fingerprint density at radius 1 is 1.13 bits per heavy atom. The van der Waals surface area contributed by atoms with Crippen LogP contribution in [0.2, 0.25) is 0 Å². The Morgan fingerprint density at radius 3 is 2.68 bits per heavy atom. The molecule has 4 aromatic rings. The highest BCUT2D eigenvalue weighted by Crippen LogP contribution is 2.31. The maximum Gasteiger partial charge on any atom is 0.243 e. The molecule has 1 aliphatic rings. The van der Waals surface area contributed by atoms with Gasteiger partial charge in [-0.05, 0) is 56.5 Å². The predicted octanol–water partition coefficient (Wildman–Crippen LogP) is 3.83. The summed E-state index contributed by atoms with van der Waals surface area (Å²) in [4.78, 5) is 5.11. The van der Waals surface area contributed by atoms with E-state index < -0.39 is 10.0 Å². The van der Waals surface area contributed by atoms with E-state index in [1.165, 1.54) is 0 Å². The molecule has 0 radical (unpaired) electrons. The minimum atomic E-state index is -3.49. The van der Waals surface area contributed by atoms with Crippen molar-refractivity contribution in [1.29, 1.82) is 0 Å². The normalized spacial score (nSPS) is 19.9. The number of sulfonamides is 1. The number of aromatic nitrogens is 4. The van der Waals surface area contributed by atoms with Gasteiger partial charge in [-0.2, -0.15) is 9.40 Å². The van der Waals surface area contributed by atoms with Crippen molar-refractivity contribution in [2.24, 2.45) is 5.92 Å². The standard InChI is InChI=1S/C23H25N5O2S/c1-16-3-5-20(6-4-16)31(29,30)28-15-18(11-17(28)2)14-27-10-9-22-23(27)8-7-21(26-22)19-12-24-25-13-19/h3-10,12-13,17-18H,11,14-15H2,1-2H3,(H,24,25)/t17-,18?/m1/s1. The van der Waals surface area contributed by atoms with Crippen LogP contribution in [0.5, 0.6) is 0 Å². The first kappa shape index (κ1) is 20.0. The number of aryl methyl sites for hydroxylation is 1. The Balaban J connectivity index is 1.35. The van der Waals surface area contributed by atoms with Crippen molar-refractivity contribution in [3.8, 4) is 11.3 Å². The van der Waals surface area contributed by atoms with Crippen LogP contribution < -0.4 is 0 Å². The van der Waals surface area contributed by atoms with E-state index in [1.807, 2.05) is 50.5 Å². The molecule has 1 fully saturated rings. The molecule has 0 amide bonds. The Bertz CT molecular complexity index is 1310. The summed E-state index contributed by atoms with van der Waals surface area (Å²) >= 11 is 0. The molecule has 1 saturated heterocycles. The zero-order chi connectivity index (χ0) is 21.6. The second-order valence-electron chi connectivity index (χ2n) is 8.39. The number of hydrogen-bond donors (Lipinski definition) is 1. The number of pyridine rings is 1. The Morgan fingerprint density at radius 2 is 1.94 bits per heavy atom. The van der Waals surface area contributed by atoms with Gasteiger partial charge in [0, 0.05) is 37.1 Å². The van der Waals surface area contributed by atoms with Gasteiger partial charge in [-0.1, -0.05) is 17.7 Å². The minimum absolute atomic E-state index is 0.0241. The van der Waals surface area contributed by atoms with Gasteiger partial charge >= 0.3 is 0 Å². The van der Waals surface area contributed by atoms with Crippen LogP contribution in [0, 0.1) is 12.8 Å². The molecule has 5 rings (SSSR count). The van der Waals surface area contributed by atoms with E-state index in [-0.39, 0.29) is 12.0 Å². The molecule has 1 unspecified atom stereocenters. The number of nitrogens with zero attached hydrogens (tertiary/aromatic N) is 4. The van der Waals surface area contributed by atoms with Gasteiger partial charge in [0.05, 0.1) is 27.8 Å². The highest BCUT2D eigenvalue weighted by molar-refractivity contribution is 7.89. The Labute approximate surface area is 181 Å². The summed E-state index contributed by atoms with van der Waals surface area (Å²) in [5.74, 6) is 0.249. The quantitative estimate of drug-likeness (QED) is 0.516. The minimum Gasteiger partial charge on any atom is -0.346 e. The van der Waals surface area contributed by atoms with Crippen LogP contribution in [0.1, 0.15) is 18.9 Å². The van der Waals surface area contributed by atoms with E-state index in [0.29, 0.717) is 11.4 Å². The molecule has 0 bridgehead atoms. The molecule has 0 spiro atoms. The topological polar surface area (TPSA) is 83.9 Å². The van der Waals surface area contributed by atoms with Crippen LogP contribution in [0.3, 0.4) is 0 Å². The molecule has 1 aliphatic heterocycles. The largest absolute Gasteiger partial charge is 0.346 e. The van der Waals surface area contributed by atoms with Crippen LogP contribution in [0.25, 0.3) is 22.3 Å². The summed E-state index contributed by atoms with van der Waals surface area (Å²) in [7, 11) is -3.49. The van der Waals surface area contributed by atoms with E-state index in [1.54, 1.807) is 22.6 Å². The van der Waals surface area contributed by atoms with Crippen molar-refractivity contribution in [2.75, 3.05) is 6.54 Å². The van der Waals surface area contributed by atoms with Gasteiger partial charge in [0.15, 0.2) is 0 Å².